The summed E-state index contributed by atoms with van der Waals surface area (Å²) in [6.07, 6.45) is -3.93. The number of carbonyl (C=O) groups is 2. The molecule has 0 unspecified atom stereocenters. The molecule has 2 fully saturated rings. The van der Waals surface area contributed by atoms with Gasteiger partial charge in [-0.05, 0) is 40.0 Å². The molecule has 8 nitrogen and oxygen atoms in total. The first-order valence-corrected chi connectivity index (χ1v) is 8.62. The minimum Gasteiger partial charge on any atom is -0.444 e. The van der Waals surface area contributed by atoms with Gasteiger partial charge in [0.1, 0.15) is 5.60 Å². The Morgan fingerprint density at radius 2 is 1.70 bits per heavy atom. The first kappa shape index (κ1) is 19.4. The predicted octanol–water partition coefficient (Wildman–Crippen LogP) is 2.84. The van der Waals surface area contributed by atoms with Gasteiger partial charge in [0.05, 0.1) is 5.41 Å². The van der Waals surface area contributed by atoms with E-state index >= 15 is 0 Å². The highest BCUT2D eigenvalue weighted by molar-refractivity contribution is 5.98. The minimum absolute atomic E-state index is 0.199. The van der Waals surface area contributed by atoms with Crippen molar-refractivity contribution in [2.24, 2.45) is 5.41 Å². The molecule has 150 valence electrons. The fraction of sp³-hybridized carbons (Fsp3) is 0.750. The number of piperidine rings is 1. The van der Waals surface area contributed by atoms with Gasteiger partial charge in [0.25, 0.3) is 0 Å². The van der Waals surface area contributed by atoms with Gasteiger partial charge in [0.15, 0.2) is 0 Å². The summed E-state index contributed by atoms with van der Waals surface area (Å²) in [4.78, 5) is 27.6. The quantitative estimate of drug-likeness (QED) is 0.733. The SMILES string of the molecule is CC(C)(C)OC(=O)N1CCC2(CC1)CCN(c1nnc(C(F)(F)F)o1)C2=O. The number of carbonyl (C=O) groups excluding carboxylic acids is 2. The summed E-state index contributed by atoms with van der Waals surface area (Å²) < 4.78 is 47.8. The molecule has 11 heteroatoms. The number of hydrogen-bond donors (Lipinski definition) is 0. The lowest BCUT2D eigenvalue weighted by Gasteiger charge is -2.38. The van der Waals surface area contributed by atoms with Gasteiger partial charge < -0.3 is 14.1 Å². The fourth-order valence-electron chi connectivity index (χ4n) is 3.35. The Hall–Kier alpha value is -2.33. The van der Waals surface area contributed by atoms with Crippen LogP contribution >= 0.6 is 0 Å². The standard InChI is InChI=1S/C16H21F3N4O4/c1-14(2,3)27-13(25)22-7-4-15(5-8-22)6-9-23(11(15)24)12-21-20-10(26-12)16(17,18)19/h4-9H2,1-3H3. The monoisotopic (exact) mass is 390 g/mol. The van der Waals surface area contributed by atoms with Crippen molar-refractivity contribution >= 4 is 18.0 Å². The van der Waals surface area contributed by atoms with E-state index in [4.69, 9.17) is 4.74 Å². The summed E-state index contributed by atoms with van der Waals surface area (Å²) in [7, 11) is 0. The van der Waals surface area contributed by atoms with Crippen LogP contribution in [0.2, 0.25) is 0 Å². The lowest BCUT2D eigenvalue weighted by atomic mass is 9.77. The lowest BCUT2D eigenvalue weighted by Crippen LogP contribution is -2.48. The molecule has 1 spiro atoms. The number of ether oxygens (including phenoxy) is 1. The molecule has 3 heterocycles. The van der Waals surface area contributed by atoms with Crippen molar-refractivity contribution in [1.29, 1.82) is 0 Å². The van der Waals surface area contributed by atoms with Crippen LogP contribution in [-0.2, 0) is 15.7 Å². The molecular weight excluding hydrogens is 369 g/mol. The van der Waals surface area contributed by atoms with Crippen LogP contribution < -0.4 is 4.90 Å². The molecule has 1 aromatic rings. The van der Waals surface area contributed by atoms with E-state index in [1.165, 1.54) is 0 Å². The Bertz CT molecular complexity index is 733. The van der Waals surface area contributed by atoms with E-state index in [2.05, 4.69) is 14.6 Å². The molecule has 2 aliphatic rings. The van der Waals surface area contributed by atoms with Crippen LogP contribution in [0.15, 0.2) is 4.42 Å². The molecule has 0 N–H and O–H groups in total. The number of nitrogens with zero attached hydrogens (tertiary/aromatic N) is 4. The molecule has 3 rings (SSSR count). The van der Waals surface area contributed by atoms with E-state index in [0.29, 0.717) is 32.4 Å². The molecule has 2 aliphatic heterocycles. The second-order valence-electron chi connectivity index (χ2n) is 7.84. The summed E-state index contributed by atoms with van der Waals surface area (Å²) in [5.41, 5.74) is -1.34. The Balaban J connectivity index is 1.65. The van der Waals surface area contributed by atoms with Gasteiger partial charge in [-0.1, -0.05) is 5.10 Å². The maximum absolute atomic E-state index is 12.8. The third-order valence-corrected chi connectivity index (χ3v) is 4.77. The van der Waals surface area contributed by atoms with Crippen molar-refractivity contribution in [3.05, 3.63) is 5.89 Å². The van der Waals surface area contributed by atoms with Crippen molar-refractivity contribution in [2.75, 3.05) is 24.5 Å². The molecule has 0 saturated carbocycles. The Labute approximate surface area is 153 Å². The number of anilines is 1. The second kappa shape index (κ2) is 6.38. The molecule has 0 radical (unpaired) electrons. The molecule has 1 aromatic heterocycles. The van der Waals surface area contributed by atoms with E-state index in [9.17, 15) is 22.8 Å². The lowest BCUT2D eigenvalue weighted by molar-refractivity contribution is -0.157. The summed E-state index contributed by atoms with van der Waals surface area (Å²) in [5, 5.41) is 6.32. The summed E-state index contributed by atoms with van der Waals surface area (Å²) >= 11 is 0. The number of halogens is 3. The van der Waals surface area contributed by atoms with Crippen LogP contribution in [0.3, 0.4) is 0 Å². The molecule has 2 saturated heterocycles. The molecule has 2 amide bonds. The zero-order valence-electron chi connectivity index (χ0n) is 15.3. The van der Waals surface area contributed by atoms with Crippen LogP contribution in [0.4, 0.5) is 24.0 Å². The van der Waals surface area contributed by atoms with Crippen LogP contribution in [0.5, 0.6) is 0 Å². The van der Waals surface area contributed by atoms with E-state index < -0.39 is 35.2 Å². The minimum atomic E-state index is -4.76. The van der Waals surface area contributed by atoms with Gasteiger partial charge in [-0.25, -0.2) is 4.79 Å². The Morgan fingerprint density at radius 3 is 2.22 bits per heavy atom. The highest BCUT2D eigenvalue weighted by atomic mass is 19.4. The summed E-state index contributed by atoms with van der Waals surface area (Å²) in [6.45, 7) is 6.19. The van der Waals surface area contributed by atoms with E-state index in [0.717, 1.165) is 4.90 Å². The van der Waals surface area contributed by atoms with Crippen LogP contribution in [0.1, 0.15) is 45.9 Å². The van der Waals surface area contributed by atoms with Crippen LogP contribution in [0, 0.1) is 5.41 Å². The maximum Gasteiger partial charge on any atom is 0.470 e. The van der Waals surface area contributed by atoms with Gasteiger partial charge in [0.2, 0.25) is 5.91 Å². The summed E-state index contributed by atoms with van der Waals surface area (Å²) in [5.74, 6) is -1.82. The van der Waals surface area contributed by atoms with Gasteiger partial charge in [-0.2, -0.15) is 13.2 Å². The van der Waals surface area contributed by atoms with E-state index in [1.54, 1.807) is 25.7 Å². The maximum atomic E-state index is 12.8. The third-order valence-electron chi connectivity index (χ3n) is 4.77. The highest BCUT2D eigenvalue weighted by Crippen LogP contribution is 2.43. The van der Waals surface area contributed by atoms with Gasteiger partial charge in [-0.15, -0.1) is 5.10 Å². The molecule has 27 heavy (non-hydrogen) atoms. The molecule has 0 atom stereocenters. The fourth-order valence-corrected chi connectivity index (χ4v) is 3.35. The Morgan fingerprint density at radius 1 is 1.11 bits per heavy atom. The van der Waals surface area contributed by atoms with E-state index in [1.807, 2.05) is 0 Å². The predicted molar refractivity (Wildman–Crippen MR) is 85.7 cm³/mol. The normalized spacial score (nSPS) is 20.4. The number of likely N-dealkylation sites (tertiary alicyclic amines) is 1. The zero-order chi connectivity index (χ0) is 20.0. The molecule has 0 bridgehead atoms. The highest BCUT2D eigenvalue weighted by Gasteiger charge is 2.51. The largest absolute Gasteiger partial charge is 0.470 e. The van der Waals surface area contributed by atoms with Gasteiger partial charge in [0, 0.05) is 19.6 Å². The average molecular weight is 390 g/mol. The van der Waals surface area contributed by atoms with Crippen molar-refractivity contribution < 1.29 is 31.9 Å². The topological polar surface area (TPSA) is 88.8 Å². The van der Waals surface area contributed by atoms with Crippen molar-refractivity contribution in [1.82, 2.24) is 15.1 Å². The number of hydrogen-bond acceptors (Lipinski definition) is 6. The van der Waals surface area contributed by atoms with Gasteiger partial charge in [-0.3, -0.25) is 9.69 Å². The third kappa shape index (κ3) is 3.86. The first-order valence-electron chi connectivity index (χ1n) is 8.62. The van der Waals surface area contributed by atoms with Crippen molar-refractivity contribution in [3.63, 3.8) is 0 Å². The number of rotatable bonds is 1. The molecule has 0 aliphatic carbocycles. The van der Waals surface area contributed by atoms with E-state index in [-0.39, 0.29) is 12.5 Å². The van der Waals surface area contributed by atoms with Crippen molar-refractivity contribution in [2.45, 2.75) is 51.8 Å². The van der Waals surface area contributed by atoms with Crippen LogP contribution in [0.25, 0.3) is 0 Å². The molecule has 0 aromatic carbocycles. The second-order valence-corrected chi connectivity index (χ2v) is 7.84. The number of alkyl halides is 3. The summed E-state index contributed by atoms with van der Waals surface area (Å²) in [6, 6.07) is -0.446. The average Bonchev–Trinajstić information content (AvgIpc) is 3.13. The Kier molecular flexibility index (Phi) is 4.59. The first-order chi connectivity index (χ1) is 12.4. The number of amides is 2. The smallest absolute Gasteiger partial charge is 0.444 e. The molecular formula is C16H21F3N4O4. The van der Waals surface area contributed by atoms with Gasteiger partial charge >= 0.3 is 24.2 Å². The number of aromatic nitrogens is 2. The zero-order valence-corrected chi connectivity index (χ0v) is 15.3. The van der Waals surface area contributed by atoms with Crippen LogP contribution in [-0.4, -0.2) is 52.3 Å². The van der Waals surface area contributed by atoms with Crippen molar-refractivity contribution in [3.8, 4) is 0 Å².